The van der Waals surface area contributed by atoms with Crippen molar-refractivity contribution in [1.29, 1.82) is 0 Å². The molecule has 0 saturated carbocycles. The van der Waals surface area contributed by atoms with Crippen molar-refractivity contribution in [2.75, 3.05) is 5.75 Å². The van der Waals surface area contributed by atoms with Gasteiger partial charge in [0.2, 0.25) is 0 Å². The summed E-state index contributed by atoms with van der Waals surface area (Å²) in [6, 6.07) is 17.8. The van der Waals surface area contributed by atoms with Gasteiger partial charge in [-0.15, -0.1) is 0 Å². The second-order valence-corrected chi connectivity index (χ2v) is 6.96. The Morgan fingerprint density at radius 2 is 1.76 bits per heavy atom. The van der Waals surface area contributed by atoms with Crippen LogP contribution >= 0.6 is 11.8 Å². The third-order valence-corrected chi connectivity index (χ3v) is 4.85. The van der Waals surface area contributed by atoms with Crippen LogP contribution in [0.25, 0.3) is 11.3 Å². The zero-order chi connectivity index (χ0) is 17.5. The van der Waals surface area contributed by atoms with Crippen molar-refractivity contribution in [3.8, 4) is 11.3 Å². The second-order valence-electron chi connectivity index (χ2n) is 5.68. The molecule has 0 atom stereocenters. The molecule has 0 radical (unpaired) electrons. The van der Waals surface area contributed by atoms with Gasteiger partial charge in [0.15, 0.2) is 0 Å². The summed E-state index contributed by atoms with van der Waals surface area (Å²) in [5.74, 6) is 2.04. The molecule has 3 rings (SSSR count). The number of aromatic nitrogens is 2. The van der Waals surface area contributed by atoms with Crippen LogP contribution in [-0.4, -0.2) is 21.9 Å². The summed E-state index contributed by atoms with van der Waals surface area (Å²) < 4.78 is 0. The summed E-state index contributed by atoms with van der Waals surface area (Å²) in [5, 5.41) is 9.86. The molecule has 0 aliphatic rings. The van der Waals surface area contributed by atoms with E-state index in [9.17, 15) is 4.79 Å². The predicted molar refractivity (Wildman–Crippen MR) is 103 cm³/mol. The lowest BCUT2D eigenvalue weighted by Gasteiger charge is -2.07. The third kappa shape index (κ3) is 4.73. The van der Waals surface area contributed by atoms with Gasteiger partial charge in [-0.1, -0.05) is 43.3 Å². The molecule has 0 saturated heterocycles. The first-order valence-corrected chi connectivity index (χ1v) is 9.45. The summed E-state index contributed by atoms with van der Waals surface area (Å²) in [7, 11) is 0. The van der Waals surface area contributed by atoms with E-state index in [1.807, 2.05) is 66.4 Å². The van der Waals surface area contributed by atoms with Crippen LogP contribution in [0.4, 0.5) is 0 Å². The van der Waals surface area contributed by atoms with Gasteiger partial charge in [0, 0.05) is 24.1 Å². The molecule has 0 spiro atoms. The van der Waals surface area contributed by atoms with Crippen LogP contribution in [0, 0.1) is 0 Å². The Morgan fingerprint density at radius 1 is 1.04 bits per heavy atom. The number of carbonyl (C=O) groups excluding carboxylic acids is 1. The molecule has 128 valence electrons. The molecule has 1 amide bonds. The highest BCUT2D eigenvalue weighted by molar-refractivity contribution is 7.98. The largest absolute Gasteiger partial charge is 0.348 e. The average Bonchev–Trinajstić information content (AvgIpc) is 3.20. The minimum atomic E-state index is -0.0488. The number of hydrogen-bond acceptors (Lipinski definition) is 3. The van der Waals surface area contributed by atoms with Gasteiger partial charge in [0.1, 0.15) is 0 Å². The zero-order valence-electron chi connectivity index (χ0n) is 14.2. The number of hydrogen-bond donors (Lipinski definition) is 2. The Hall–Kier alpha value is -2.53. The van der Waals surface area contributed by atoms with Crippen LogP contribution < -0.4 is 5.32 Å². The Morgan fingerprint density at radius 3 is 2.40 bits per heavy atom. The number of aromatic amines is 1. The van der Waals surface area contributed by atoms with E-state index < -0.39 is 0 Å². The number of amides is 1. The average molecular weight is 351 g/mol. The Labute approximate surface area is 152 Å². The normalized spacial score (nSPS) is 10.6. The van der Waals surface area contributed by atoms with Gasteiger partial charge in [-0.2, -0.15) is 16.9 Å². The number of thioether (sulfide) groups is 1. The van der Waals surface area contributed by atoms with Crippen LogP contribution in [0.5, 0.6) is 0 Å². The molecule has 0 aliphatic heterocycles. The Kier molecular flexibility index (Phi) is 5.90. The Bertz CT molecular complexity index is 796. The van der Waals surface area contributed by atoms with Crippen LogP contribution in [-0.2, 0) is 12.3 Å². The van der Waals surface area contributed by atoms with Crippen molar-refractivity contribution >= 4 is 17.7 Å². The number of nitrogens with one attached hydrogen (secondary N) is 2. The lowest BCUT2D eigenvalue weighted by molar-refractivity contribution is 0.0951. The quantitative estimate of drug-likeness (QED) is 0.669. The summed E-state index contributed by atoms with van der Waals surface area (Å²) in [6.07, 6.45) is 1.73. The second kappa shape index (κ2) is 8.53. The number of rotatable bonds is 7. The summed E-state index contributed by atoms with van der Waals surface area (Å²) in [5.41, 5.74) is 5.06. The highest BCUT2D eigenvalue weighted by Crippen LogP contribution is 2.17. The zero-order valence-corrected chi connectivity index (χ0v) is 15.0. The van der Waals surface area contributed by atoms with Crippen molar-refractivity contribution < 1.29 is 4.79 Å². The monoisotopic (exact) mass is 351 g/mol. The van der Waals surface area contributed by atoms with E-state index in [2.05, 4.69) is 22.4 Å². The highest BCUT2D eigenvalue weighted by Gasteiger charge is 2.06. The van der Waals surface area contributed by atoms with Gasteiger partial charge in [0.25, 0.3) is 5.91 Å². The van der Waals surface area contributed by atoms with Crippen LogP contribution in [0.2, 0.25) is 0 Å². The van der Waals surface area contributed by atoms with Crippen molar-refractivity contribution in [3.05, 3.63) is 77.5 Å². The Balaban J connectivity index is 1.55. The van der Waals surface area contributed by atoms with Gasteiger partial charge in [-0.05, 0) is 40.6 Å². The fraction of sp³-hybridized carbons (Fsp3) is 0.200. The molecule has 0 fully saturated rings. The lowest BCUT2D eigenvalue weighted by Crippen LogP contribution is -2.22. The first kappa shape index (κ1) is 17.3. The molecule has 0 bridgehead atoms. The molecule has 4 nitrogen and oxygen atoms in total. The van der Waals surface area contributed by atoms with E-state index in [0.717, 1.165) is 28.3 Å². The minimum Gasteiger partial charge on any atom is -0.348 e. The number of carbonyl (C=O) groups is 1. The van der Waals surface area contributed by atoms with Crippen LogP contribution in [0.3, 0.4) is 0 Å². The molecular weight excluding hydrogens is 330 g/mol. The summed E-state index contributed by atoms with van der Waals surface area (Å²) in [6.45, 7) is 2.66. The van der Waals surface area contributed by atoms with Crippen molar-refractivity contribution in [3.63, 3.8) is 0 Å². The molecule has 2 N–H and O–H groups in total. The first-order chi connectivity index (χ1) is 12.3. The molecule has 1 aromatic heterocycles. The third-order valence-electron chi connectivity index (χ3n) is 3.91. The van der Waals surface area contributed by atoms with E-state index in [1.54, 1.807) is 6.20 Å². The number of nitrogens with zero attached hydrogens (tertiary/aromatic N) is 1. The molecular formula is C20H21N3OS. The van der Waals surface area contributed by atoms with Gasteiger partial charge >= 0.3 is 0 Å². The van der Waals surface area contributed by atoms with Crippen molar-refractivity contribution in [2.24, 2.45) is 0 Å². The van der Waals surface area contributed by atoms with Gasteiger partial charge in [-0.3, -0.25) is 9.89 Å². The van der Waals surface area contributed by atoms with Crippen molar-refractivity contribution in [2.45, 2.75) is 19.2 Å². The highest BCUT2D eigenvalue weighted by atomic mass is 32.2. The topological polar surface area (TPSA) is 57.8 Å². The van der Waals surface area contributed by atoms with E-state index in [-0.39, 0.29) is 5.91 Å². The number of benzene rings is 2. The molecule has 0 aliphatic carbocycles. The standard InChI is InChI=1S/C20H21N3OS/c1-2-25-14-16-5-9-18(10-6-16)20(24)21-13-15-3-7-17(8-4-15)19-11-12-22-23-19/h3-12H,2,13-14H2,1H3,(H,21,24)(H,22,23). The molecule has 0 unspecified atom stereocenters. The minimum absolute atomic E-state index is 0.0488. The van der Waals surface area contributed by atoms with E-state index in [1.165, 1.54) is 5.56 Å². The fourth-order valence-corrected chi connectivity index (χ4v) is 3.11. The maximum absolute atomic E-state index is 12.3. The lowest BCUT2D eigenvalue weighted by atomic mass is 10.1. The smallest absolute Gasteiger partial charge is 0.251 e. The van der Waals surface area contributed by atoms with Gasteiger partial charge in [-0.25, -0.2) is 0 Å². The maximum atomic E-state index is 12.3. The number of H-pyrrole nitrogens is 1. The van der Waals surface area contributed by atoms with Gasteiger partial charge < -0.3 is 5.32 Å². The molecule has 25 heavy (non-hydrogen) atoms. The predicted octanol–water partition coefficient (Wildman–Crippen LogP) is 4.26. The first-order valence-electron chi connectivity index (χ1n) is 8.30. The van der Waals surface area contributed by atoms with E-state index in [4.69, 9.17) is 0 Å². The van der Waals surface area contributed by atoms with E-state index in [0.29, 0.717) is 12.1 Å². The molecule has 5 heteroatoms. The van der Waals surface area contributed by atoms with E-state index >= 15 is 0 Å². The molecule has 3 aromatic rings. The fourth-order valence-electron chi connectivity index (χ4n) is 2.48. The maximum Gasteiger partial charge on any atom is 0.251 e. The van der Waals surface area contributed by atoms with Crippen molar-refractivity contribution in [1.82, 2.24) is 15.5 Å². The van der Waals surface area contributed by atoms with Gasteiger partial charge in [0.05, 0.1) is 5.69 Å². The molecule has 1 heterocycles. The van der Waals surface area contributed by atoms with Crippen LogP contribution in [0.1, 0.15) is 28.4 Å². The summed E-state index contributed by atoms with van der Waals surface area (Å²) >= 11 is 1.88. The van der Waals surface area contributed by atoms with Crippen LogP contribution in [0.15, 0.2) is 60.8 Å². The molecule has 2 aromatic carbocycles. The SMILES string of the molecule is CCSCc1ccc(C(=O)NCc2ccc(-c3ccn[nH]3)cc2)cc1. The summed E-state index contributed by atoms with van der Waals surface area (Å²) in [4.78, 5) is 12.3.